The van der Waals surface area contributed by atoms with E-state index in [0.717, 1.165) is 21.5 Å². The number of nitrogens with zero attached hydrogens (tertiary/aromatic N) is 1. The molecule has 0 aliphatic carbocycles. The summed E-state index contributed by atoms with van der Waals surface area (Å²) in [6, 6.07) is 9.83. The lowest BCUT2D eigenvalue weighted by Gasteiger charge is -2.16. The van der Waals surface area contributed by atoms with Gasteiger partial charge in [-0.1, -0.05) is 11.6 Å². The Morgan fingerprint density at radius 2 is 2.24 bits per heavy atom. The van der Waals surface area contributed by atoms with Gasteiger partial charge in [0, 0.05) is 23.8 Å². The van der Waals surface area contributed by atoms with Crippen molar-refractivity contribution in [1.29, 1.82) is 0 Å². The van der Waals surface area contributed by atoms with Crippen molar-refractivity contribution >= 4 is 22.9 Å². The third-order valence-corrected chi connectivity index (χ3v) is 4.65. The van der Waals surface area contributed by atoms with Crippen molar-refractivity contribution in [3.8, 4) is 0 Å². The van der Waals surface area contributed by atoms with Crippen LogP contribution in [0.15, 0.2) is 53.4 Å². The lowest BCUT2D eigenvalue weighted by molar-refractivity contribution is 0.448. The zero-order valence-electron chi connectivity index (χ0n) is 11.5. The molecule has 0 radical (unpaired) electrons. The molecule has 5 heteroatoms. The van der Waals surface area contributed by atoms with E-state index in [1.807, 2.05) is 42.7 Å². The first-order valence-electron chi connectivity index (χ1n) is 6.65. The highest BCUT2D eigenvalue weighted by atomic mass is 35.5. The van der Waals surface area contributed by atoms with Gasteiger partial charge in [-0.3, -0.25) is 10.3 Å². The zero-order valence-corrected chi connectivity index (χ0v) is 13.1. The molecular weight excluding hydrogens is 304 g/mol. The van der Waals surface area contributed by atoms with Crippen molar-refractivity contribution in [1.82, 2.24) is 10.3 Å². The van der Waals surface area contributed by atoms with Crippen LogP contribution in [0, 0.1) is 6.92 Å². The van der Waals surface area contributed by atoms with Crippen LogP contribution in [-0.4, -0.2) is 4.98 Å². The van der Waals surface area contributed by atoms with Crippen LogP contribution in [0.4, 0.5) is 0 Å². The molecular formula is C16H15ClN2OS. The van der Waals surface area contributed by atoms with Crippen molar-refractivity contribution in [2.24, 2.45) is 0 Å². The monoisotopic (exact) mass is 318 g/mol. The van der Waals surface area contributed by atoms with E-state index in [2.05, 4.69) is 17.2 Å². The molecule has 1 N–H and O–H groups in total. The summed E-state index contributed by atoms with van der Waals surface area (Å²) in [4.78, 5) is 5.32. The molecule has 3 heterocycles. The molecule has 3 aromatic rings. The van der Waals surface area contributed by atoms with Crippen molar-refractivity contribution in [2.45, 2.75) is 19.5 Å². The van der Waals surface area contributed by atoms with Crippen LogP contribution in [0.1, 0.15) is 27.8 Å². The summed E-state index contributed by atoms with van der Waals surface area (Å²) in [5.74, 6) is 0.884. The number of thiophene rings is 1. The molecule has 0 aliphatic rings. The number of aryl methyl sites for hydroxylation is 1. The average Bonchev–Trinajstić information content (AvgIpc) is 3.13. The fourth-order valence-electron chi connectivity index (χ4n) is 2.17. The number of rotatable bonds is 5. The summed E-state index contributed by atoms with van der Waals surface area (Å²) in [5.41, 5.74) is 2.40. The topological polar surface area (TPSA) is 38.1 Å². The number of hydrogen-bond donors (Lipinski definition) is 1. The molecule has 1 atom stereocenters. The fraction of sp³-hybridized carbons (Fsp3) is 0.188. The van der Waals surface area contributed by atoms with Crippen molar-refractivity contribution < 1.29 is 4.42 Å². The average molecular weight is 319 g/mol. The van der Waals surface area contributed by atoms with Gasteiger partial charge in [0.15, 0.2) is 0 Å². The second-order valence-corrected chi connectivity index (χ2v) is 6.52. The van der Waals surface area contributed by atoms with E-state index in [4.69, 9.17) is 16.0 Å². The van der Waals surface area contributed by atoms with E-state index in [1.165, 1.54) is 11.1 Å². The SMILES string of the molecule is Cc1ccncc1CNC(c1ccco1)c1ccc(Cl)s1. The number of pyridine rings is 1. The maximum absolute atomic E-state index is 6.06. The Labute approximate surface area is 132 Å². The number of nitrogens with one attached hydrogen (secondary N) is 1. The predicted molar refractivity (Wildman–Crippen MR) is 85.7 cm³/mol. The van der Waals surface area contributed by atoms with Gasteiger partial charge in [0.1, 0.15) is 11.8 Å². The van der Waals surface area contributed by atoms with E-state index < -0.39 is 0 Å². The Balaban J connectivity index is 1.82. The molecule has 0 aliphatic heterocycles. The van der Waals surface area contributed by atoms with Gasteiger partial charge in [-0.2, -0.15) is 0 Å². The van der Waals surface area contributed by atoms with E-state index in [0.29, 0.717) is 0 Å². The molecule has 0 saturated carbocycles. The van der Waals surface area contributed by atoms with Crippen LogP contribution >= 0.6 is 22.9 Å². The summed E-state index contributed by atoms with van der Waals surface area (Å²) >= 11 is 7.62. The molecule has 0 amide bonds. The summed E-state index contributed by atoms with van der Waals surface area (Å²) in [6.07, 6.45) is 5.39. The molecule has 0 spiro atoms. The normalized spacial score (nSPS) is 12.5. The van der Waals surface area contributed by atoms with E-state index in [1.54, 1.807) is 17.6 Å². The minimum Gasteiger partial charge on any atom is -0.467 e. The molecule has 0 aromatic carbocycles. The molecule has 3 rings (SSSR count). The largest absolute Gasteiger partial charge is 0.467 e. The highest BCUT2D eigenvalue weighted by Crippen LogP contribution is 2.31. The van der Waals surface area contributed by atoms with Gasteiger partial charge in [-0.05, 0) is 48.4 Å². The minimum atomic E-state index is -0.00268. The first-order chi connectivity index (χ1) is 10.2. The van der Waals surface area contributed by atoms with E-state index in [9.17, 15) is 0 Å². The molecule has 108 valence electrons. The second kappa shape index (κ2) is 6.43. The lowest BCUT2D eigenvalue weighted by atomic mass is 10.1. The number of furan rings is 1. The summed E-state index contributed by atoms with van der Waals surface area (Å²) < 4.78 is 6.34. The Morgan fingerprint density at radius 1 is 1.33 bits per heavy atom. The summed E-state index contributed by atoms with van der Waals surface area (Å²) in [5, 5.41) is 3.53. The van der Waals surface area contributed by atoms with Crippen LogP contribution in [0.25, 0.3) is 0 Å². The highest BCUT2D eigenvalue weighted by Gasteiger charge is 2.18. The molecule has 0 fully saturated rings. The van der Waals surface area contributed by atoms with Gasteiger partial charge in [-0.15, -0.1) is 11.3 Å². The number of halogens is 1. The number of hydrogen-bond acceptors (Lipinski definition) is 4. The maximum Gasteiger partial charge on any atom is 0.126 e. The Bertz CT molecular complexity index is 709. The molecule has 3 nitrogen and oxygen atoms in total. The minimum absolute atomic E-state index is 0.00268. The standard InChI is InChI=1S/C16H15ClN2OS/c1-11-6-7-18-9-12(11)10-19-16(13-3-2-8-20-13)14-4-5-15(17)21-14/h2-9,16,19H,10H2,1H3. The van der Waals surface area contributed by atoms with Crippen LogP contribution in [0.2, 0.25) is 4.34 Å². The Morgan fingerprint density at radius 3 is 2.90 bits per heavy atom. The summed E-state index contributed by atoms with van der Waals surface area (Å²) in [6.45, 7) is 2.81. The van der Waals surface area contributed by atoms with Gasteiger partial charge in [-0.25, -0.2) is 0 Å². The van der Waals surface area contributed by atoms with Gasteiger partial charge in [0.05, 0.1) is 10.6 Å². The van der Waals surface area contributed by atoms with Gasteiger partial charge >= 0.3 is 0 Å². The van der Waals surface area contributed by atoms with Crippen molar-refractivity contribution in [3.63, 3.8) is 0 Å². The Hall–Kier alpha value is -1.62. The Kier molecular flexibility index (Phi) is 4.39. The zero-order chi connectivity index (χ0) is 14.7. The van der Waals surface area contributed by atoms with Gasteiger partial charge < -0.3 is 4.42 Å². The smallest absolute Gasteiger partial charge is 0.126 e. The quantitative estimate of drug-likeness (QED) is 0.748. The number of aromatic nitrogens is 1. The molecule has 3 aromatic heterocycles. The van der Waals surface area contributed by atoms with Gasteiger partial charge in [0.2, 0.25) is 0 Å². The molecule has 0 bridgehead atoms. The molecule has 0 saturated heterocycles. The van der Waals surface area contributed by atoms with Crippen molar-refractivity contribution in [2.75, 3.05) is 0 Å². The molecule has 21 heavy (non-hydrogen) atoms. The highest BCUT2D eigenvalue weighted by molar-refractivity contribution is 7.16. The van der Waals surface area contributed by atoms with Crippen LogP contribution in [-0.2, 0) is 6.54 Å². The fourth-order valence-corrected chi connectivity index (χ4v) is 3.32. The van der Waals surface area contributed by atoms with E-state index >= 15 is 0 Å². The van der Waals surface area contributed by atoms with E-state index in [-0.39, 0.29) is 6.04 Å². The van der Waals surface area contributed by atoms with Gasteiger partial charge in [0.25, 0.3) is 0 Å². The summed E-state index contributed by atoms with van der Waals surface area (Å²) in [7, 11) is 0. The van der Waals surface area contributed by atoms with Crippen LogP contribution in [0.5, 0.6) is 0 Å². The maximum atomic E-state index is 6.06. The van der Waals surface area contributed by atoms with Crippen LogP contribution < -0.4 is 5.32 Å². The molecule has 1 unspecified atom stereocenters. The van der Waals surface area contributed by atoms with Crippen molar-refractivity contribution in [3.05, 3.63) is 75.1 Å². The first-order valence-corrected chi connectivity index (χ1v) is 7.85. The van der Waals surface area contributed by atoms with Crippen LogP contribution in [0.3, 0.4) is 0 Å². The predicted octanol–water partition coefficient (Wildman–Crippen LogP) is 4.58. The first kappa shape index (κ1) is 14.3. The lowest BCUT2D eigenvalue weighted by Crippen LogP contribution is -2.21. The third-order valence-electron chi connectivity index (χ3n) is 3.35. The second-order valence-electron chi connectivity index (χ2n) is 4.77. The third kappa shape index (κ3) is 3.35.